The third kappa shape index (κ3) is 3.14. The first-order valence-corrected chi connectivity index (χ1v) is 6.88. The summed E-state index contributed by atoms with van der Waals surface area (Å²) in [5.41, 5.74) is 8.56. The zero-order valence-electron chi connectivity index (χ0n) is 10.1. The van der Waals surface area contributed by atoms with Crippen LogP contribution in [0.1, 0.15) is 29.0 Å². The van der Waals surface area contributed by atoms with E-state index in [1.807, 2.05) is 11.6 Å². The minimum absolute atomic E-state index is 0.350. The van der Waals surface area contributed by atoms with Crippen molar-refractivity contribution in [1.29, 1.82) is 0 Å². The molecule has 1 aromatic carbocycles. The molecule has 0 aliphatic heterocycles. The van der Waals surface area contributed by atoms with Gasteiger partial charge in [-0.15, -0.1) is 11.3 Å². The summed E-state index contributed by atoms with van der Waals surface area (Å²) in [5.74, 6) is 0.350. The van der Waals surface area contributed by atoms with Gasteiger partial charge < -0.3 is 5.73 Å². The molecule has 2 nitrogen and oxygen atoms in total. The first-order valence-electron chi connectivity index (χ1n) is 6.00. The van der Waals surface area contributed by atoms with E-state index in [2.05, 4.69) is 36.2 Å². The Morgan fingerprint density at radius 3 is 2.47 bits per heavy atom. The van der Waals surface area contributed by atoms with Crippen molar-refractivity contribution in [2.45, 2.75) is 25.7 Å². The largest absolute Gasteiger partial charge is 0.330 e. The molecule has 1 unspecified atom stereocenters. The molecule has 0 aliphatic carbocycles. The van der Waals surface area contributed by atoms with Crippen LogP contribution in [0, 0.1) is 0 Å². The molecular weight excluding hydrogens is 228 g/mol. The zero-order valence-corrected chi connectivity index (χ0v) is 10.9. The number of hydrogen-bond donors (Lipinski definition) is 1. The number of rotatable bonds is 5. The lowest BCUT2D eigenvalue weighted by atomic mass is 9.99. The molecule has 1 aromatic heterocycles. The molecule has 0 spiro atoms. The van der Waals surface area contributed by atoms with Crippen LogP contribution in [-0.4, -0.2) is 11.5 Å². The van der Waals surface area contributed by atoms with Crippen molar-refractivity contribution in [3.05, 3.63) is 52.0 Å². The highest BCUT2D eigenvalue weighted by Gasteiger charge is 2.12. The second kappa shape index (κ2) is 5.94. The molecule has 1 atom stereocenters. The van der Waals surface area contributed by atoms with Crippen LogP contribution >= 0.6 is 11.3 Å². The summed E-state index contributed by atoms with van der Waals surface area (Å²) in [6, 6.07) is 8.81. The topological polar surface area (TPSA) is 38.9 Å². The van der Waals surface area contributed by atoms with Crippen molar-refractivity contribution in [3.8, 4) is 0 Å². The van der Waals surface area contributed by atoms with E-state index in [9.17, 15) is 0 Å². The van der Waals surface area contributed by atoms with Crippen LogP contribution in [0.3, 0.4) is 0 Å². The molecule has 1 heterocycles. The summed E-state index contributed by atoms with van der Waals surface area (Å²) in [4.78, 5) is 4.36. The highest BCUT2D eigenvalue weighted by molar-refractivity contribution is 7.09. The lowest BCUT2D eigenvalue weighted by Gasteiger charge is -2.12. The monoisotopic (exact) mass is 246 g/mol. The Bertz CT molecular complexity index is 434. The summed E-state index contributed by atoms with van der Waals surface area (Å²) in [7, 11) is 0. The minimum Gasteiger partial charge on any atom is -0.330 e. The molecule has 2 aromatic rings. The van der Waals surface area contributed by atoms with E-state index in [0.717, 1.165) is 17.8 Å². The molecule has 0 fully saturated rings. The second-order valence-electron chi connectivity index (χ2n) is 4.18. The summed E-state index contributed by atoms with van der Waals surface area (Å²) in [5, 5.41) is 3.16. The fourth-order valence-corrected chi connectivity index (χ4v) is 2.66. The Morgan fingerprint density at radius 1 is 1.24 bits per heavy atom. The number of aryl methyl sites for hydroxylation is 1. The third-order valence-corrected chi connectivity index (χ3v) is 3.94. The van der Waals surface area contributed by atoms with E-state index >= 15 is 0 Å². The fraction of sp³-hybridized carbons (Fsp3) is 0.357. The first kappa shape index (κ1) is 12.3. The van der Waals surface area contributed by atoms with Gasteiger partial charge in [0.15, 0.2) is 0 Å². The maximum atomic E-state index is 5.83. The van der Waals surface area contributed by atoms with Gasteiger partial charge in [-0.05, 0) is 24.0 Å². The van der Waals surface area contributed by atoms with Crippen molar-refractivity contribution in [3.63, 3.8) is 0 Å². The smallest absolute Gasteiger partial charge is 0.0971 e. The summed E-state index contributed by atoms with van der Waals surface area (Å²) in [6.45, 7) is 2.83. The Kier molecular flexibility index (Phi) is 4.29. The molecule has 2 rings (SSSR count). The van der Waals surface area contributed by atoms with Gasteiger partial charge in [0.1, 0.15) is 0 Å². The quantitative estimate of drug-likeness (QED) is 0.881. The van der Waals surface area contributed by atoms with Gasteiger partial charge in [0.05, 0.1) is 5.01 Å². The maximum Gasteiger partial charge on any atom is 0.0971 e. The van der Waals surface area contributed by atoms with Gasteiger partial charge in [0, 0.05) is 24.0 Å². The molecule has 0 radical (unpaired) electrons. The van der Waals surface area contributed by atoms with Crippen LogP contribution in [0.4, 0.5) is 0 Å². The Balaban J connectivity index is 2.07. The number of thiazole rings is 1. The highest BCUT2D eigenvalue weighted by atomic mass is 32.1. The number of benzene rings is 1. The van der Waals surface area contributed by atoms with E-state index in [1.165, 1.54) is 11.1 Å². The normalized spacial score (nSPS) is 12.6. The first-order chi connectivity index (χ1) is 8.33. The van der Waals surface area contributed by atoms with Crippen LogP contribution in [0.15, 0.2) is 35.8 Å². The number of nitrogens with zero attached hydrogens (tertiary/aromatic N) is 1. The lowest BCUT2D eigenvalue weighted by Crippen LogP contribution is -2.14. The molecule has 0 aliphatic rings. The van der Waals surface area contributed by atoms with Gasteiger partial charge >= 0.3 is 0 Å². The maximum absolute atomic E-state index is 5.83. The number of aromatic nitrogens is 1. The molecule has 90 valence electrons. The van der Waals surface area contributed by atoms with Gasteiger partial charge in [-0.3, -0.25) is 0 Å². The standard InChI is InChI=1S/C14H18N2S/c1-2-11-3-5-12(6-4-11)9-13(10-15)14-16-7-8-17-14/h3-8,13H,2,9-10,15H2,1H3. The van der Waals surface area contributed by atoms with Crippen molar-refractivity contribution in [2.75, 3.05) is 6.54 Å². The zero-order chi connectivity index (χ0) is 12.1. The Morgan fingerprint density at radius 2 is 1.94 bits per heavy atom. The third-order valence-electron chi connectivity index (χ3n) is 3.00. The number of hydrogen-bond acceptors (Lipinski definition) is 3. The summed E-state index contributed by atoms with van der Waals surface area (Å²) < 4.78 is 0. The average molecular weight is 246 g/mol. The van der Waals surface area contributed by atoms with E-state index in [4.69, 9.17) is 5.73 Å². The Labute approximate surface area is 107 Å². The summed E-state index contributed by atoms with van der Waals surface area (Å²) in [6.07, 6.45) is 3.92. The molecule has 0 saturated carbocycles. The van der Waals surface area contributed by atoms with E-state index in [-0.39, 0.29) is 0 Å². The molecule has 0 bridgehead atoms. The van der Waals surface area contributed by atoms with Crippen LogP contribution in [0.25, 0.3) is 0 Å². The van der Waals surface area contributed by atoms with Crippen molar-refractivity contribution < 1.29 is 0 Å². The summed E-state index contributed by atoms with van der Waals surface area (Å²) >= 11 is 1.69. The Hall–Kier alpha value is -1.19. The van der Waals surface area contributed by atoms with E-state index in [1.54, 1.807) is 11.3 Å². The molecular formula is C14H18N2S. The van der Waals surface area contributed by atoms with E-state index in [0.29, 0.717) is 12.5 Å². The van der Waals surface area contributed by atoms with Crippen LogP contribution in [-0.2, 0) is 12.8 Å². The minimum atomic E-state index is 0.350. The predicted octanol–water partition coefficient (Wildman–Crippen LogP) is 2.99. The molecule has 0 amide bonds. The van der Waals surface area contributed by atoms with E-state index < -0.39 is 0 Å². The van der Waals surface area contributed by atoms with Gasteiger partial charge in [-0.2, -0.15) is 0 Å². The molecule has 3 heteroatoms. The fourth-order valence-electron chi connectivity index (χ4n) is 1.90. The second-order valence-corrected chi connectivity index (χ2v) is 5.10. The average Bonchev–Trinajstić information content (AvgIpc) is 2.90. The van der Waals surface area contributed by atoms with Gasteiger partial charge in [0.2, 0.25) is 0 Å². The van der Waals surface area contributed by atoms with Gasteiger partial charge in [-0.25, -0.2) is 4.98 Å². The lowest BCUT2D eigenvalue weighted by molar-refractivity contribution is 0.688. The van der Waals surface area contributed by atoms with Crippen molar-refractivity contribution in [1.82, 2.24) is 4.98 Å². The predicted molar refractivity (Wildman–Crippen MR) is 73.4 cm³/mol. The van der Waals surface area contributed by atoms with Gasteiger partial charge in [0.25, 0.3) is 0 Å². The molecule has 0 saturated heterocycles. The van der Waals surface area contributed by atoms with Gasteiger partial charge in [-0.1, -0.05) is 31.2 Å². The van der Waals surface area contributed by atoms with Crippen molar-refractivity contribution >= 4 is 11.3 Å². The van der Waals surface area contributed by atoms with Crippen LogP contribution in [0.2, 0.25) is 0 Å². The van der Waals surface area contributed by atoms with Crippen LogP contribution in [0.5, 0.6) is 0 Å². The molecule has 17 heavy (non-hydrogen) atoms. The highest BCUT2D eigenvalue weighted by Crippen LogP contribution is 2.22. The van der Waals surface area contributed by atoms with Crippen LogP contribution < -0.4 is 5.73 Å². The number of nitrogens with two attached hydrogens (primary N) is 1. The molecule has 2 N–H and O–H groups in total. The SMILES string of the molecule is CCc1ccc(CC(CN)c2nccs2)cc1. The van der Waals surface area contributed by atoms with Crippen molar-refractivity contribution in [2.24, 2.45) is 5.73 Å².